The molecule has 2 aromatic heterocycles. The Bertz CT molecular complexity index is 803. The number of nitrogens with one attached hydrogen (secondary N) is 1. The first-order valence-corrected chi connectivity index (χ1v) is 9.52. The number of carbonyl (C=O) groups is 1. The molecule has 0 aliphatic carbocycles. The molecule has 3 aromatic rings. The Balaban J connectivity index is 1.42. The zero-order chi connectivity index (χ0) is 16.8. The van der Waals surface area contributed by atoms with Crippen LogP contribution in [-0.2, 0) is 4.79 Å². The molecule has 1 aromatic carbocycles. The van der Waals surface area contributed by atoms with Crippen LogP contribution in [-0.4, -0.2) is 17.5 Å². The maximum atomic E-state index is 12.0. The molecule has 0 radical (unpaired) electrons. The van der Waals surface area contributed by atoms with Crippen molar-refractivity contribution in [2.45, 2.75) is 12.8 Å². The molecular formula is C17H15ClN2O2S2. The number of amides is 1. The zero-order valence-corrected chi connectivity index (χ0v) is 15.1. The van der Waals surface area contributed by atoms with Crippen molar-refractivity contribution in [2.75, 3.05) is 11.9 Å². The molecule has 3 rings (SSSR count). The number of hydrogen-bond acceptors (Lipinski definition) is 5. The van der Waals surface area contributed by atoms with E-state index in [0.717, 1.165) is 10.6 Å². The average Bonchev–Trinajstić information content (AvgIpc) is 3.24. The average molecular weight is 379 g/mol. The van der Waals surface area contributed by atoms with Crippen molar-refractivity contribution >= 4 is 45.3 Å². The van der Waals surface area contributed by atoms with Gasteiger partial charge >= 0.3 is 0 Å². The highest BCUT2D eigenvalue weighted by Gasteiger charge is 2.09. The van der Waals surface area contributed by atoms with Crippen LogP contribution in [0.3, 0.4) is 0 Å². The van der Waals surface area contributed by atoms with Gasteiger partial charge in [0, 0.05) is 11.8 Å². The van der Waals surface area contributed by atoms with Crippen molar-refractivity contribution in [1.29, 1.82) is 0 Å². The van der Waals surface area contributed by atoms with Gasteiger partial charge in [-0.3, -0.25) is 4.79 Å². The van der Waals surface area contributed by atoms with Crippen LogP contribution < -0.4 is 10.1 Å². The lowest BCUT2D eigenvalue weighted by Crippen LogP contribution is -2.12. The molecule has 1 amide bonds. The molecular weight excluding hydrogens is 364 g/mol. The van der Waals surface area contributed by atoms with Gasteiger partial charge in [-0.2, -0.15) is 0 Å². The Kier molecular flexibility index (Phi) is 5.85. The minimum Gasteiger partial charge on any atom is -0.492 e. The minimum absolute atomic E-state index is 0.0650. The topological polar surface area (TPSA) is 51.2 Å². The predicted molar refractivity (Wildman–Crippen MR) is 100 cm³/mol. The van der Waals surface area contributed by atoms with E-state index in [-0.39, 0.29) is 5.91 Å². The summed E-state index contributed by atoms with van der Waals surface area (Å²) in [5, 5.41) is 7.97. The summed E-state index contributed by atoms with van der Waals surface area (Å²) in [7, 11) is 0. The summed E-state index contributed by atoms with van der Waals surface area (Å²) in [5.41, 5.74) is 0.896. The van der Waals surface area contributed by atoms with Gasteiger partial charge in [0.15, 0.2) is 5.13 Å². The zero-order valence-electron chi connectivity index (χ0n) is 12.7. The van der Waals surface area contributed by atoms with Crippen LogP contribution in [0.4, 0.5) is 5.13 Å². The molecule has 0 bridgehead atoms. The molecule has 0 unspecified atom stereocenters. The number of thiophene rings is 1. The van der Waals surface area contributed by atoms with Gasteiger partial charge in [0.05, 0.1) is 22.2 Å². The van der Waals surface area contributed by atoms with E-state index >= 15 is 0 Å². The largest absolute Gasteiger partial charge is 0.492 e. The van der Waals surface area contributed by atoms with Crippen LogP contribution in [0, 0.1) is 0 Å². The number of hydrogen-bond donors (Lipinski definition) is 1. The van der Waals surface area contributed by atoms with Crippen molar-refractivity contribution < 1.29 is 9.53 Å². The van der Waals surface area contributed by atoms with E-state index < -0.39 is 0 Å². The molecule has 1 N–H and O–H groups in total. The molecule has 2 heterocycles. The maximum Gasteiger partial charge on any atom is 0.226 e. The number of ether oxygens (including phenoxy) is 1. The van der Waals surface area contributed by atoms with Crippen LogP contribution in [0.15, 0.2) is 47.2 Å². The quantitative estimate of drug-likeness (QED) is 0.566. The molecule has 0 aliphatic heterocycles. The number of benzene rings is 1. The third-order valence-corrected chi connectivity index (χ3v) is 5.13. The Morgan fingerprint density at radius 3 is 2.88 bits per heavy atom. The molecule has 124 valence electrons. The van der Waals surface area contributed by atoms with Gasteiger partial charge in [-0.25, -0.2) is 4.98 Å². The summed E-state index contributed by atoms with van der Waals surface area (Å²) in [6, 6.07) is 11.3. The molecule has 0 fully saturated rings. The van der Waals surface area contributed by atoms with Crippen LogP contribution in [0.2, 0.25) is 5.02 Å². The highest BCUT2D eigenvalue weighted by atomic mass is 35.5. The van der Waals surface area contributed by atoms with E-state index in [9.17, 15) is 4.79 Å². The van der Waals surface area contributed by atoms with Gasteiger partial charge < -0.3 is 10.1 Å². The van der Waals surface area contributed by atoms with E-state index in [1.54, 1.807) is 17.4 Å². The molecule has 0 saturated heterocycles. The highest BCUT2D eigenvalue weighted by Crippen LogP contribution is 2.28. The molecule has 7 heteroatoms. The van der Waals surface area contributed by atoms with Crippen molar-refractivity contribution in [3.05, 3.63) is 52.2 Å². The van der Waals surface area contributed by atoms with Gasteiger partial charge in [-0.1, -0.05) is 29.8 Å². The fraction of sp³-hybridized carbons (Fsp3) is 0.176. The van der Waals surface area contributed by atoms with Crippen LogP contribution in [0.1, 0.15) is 12.8 Å². The van der Waals surface area contributed by atoms with Crippen molar-refractivity contribution in [3.63, 3.8) is 0 Å². The lowest BCUT2D eigenvalue weighted by molar-refractivity contribution is -0.116. The number of thiazole rings is 1. The Labute approximate surface area is 153 Å². The second-order valence-corrected chi connectivity index (χ2v) is 7.16. The first-order valence-electron chi connectivity index (χ1n) is 7.39. The van der Waals surface area contributed by atoms with E-state index in [1.165, 1.54) is 11.3 Å². The molecule has 24 heavy (non-hydrogen) atoms. The number of para-hydroxylation sites is 1. The molecule has 0 atom stereocenters. The fourth-order valence-electron chi connectivity index (χ4n) is 2.03. The first kappa shape index (κ1) is 17.0. The van der Waals surface area contributed by atoms with E-state index in [1.807, 2.05) is 41.1 Å². The van der Waals surface area contributed by atoms with E-state index in [2.05, 4.69) is 10.3 Å². The monoisotopic (exact) mass is 378 g/mol. The highest BCUT2D eigenvalue weighted by molar-refractivity contribution is 7.16. The lowest BCUT2D eigenvalue weighted by atomic mass is 10.3. The number of halogens is 1. The third kappa shape index (κ3) is 4.56. The van der Waals surface area contributed by atoms with Gasteiger partial charge in [-0.15, -0.1) is 22.7 Å². The Hall–Kier alpha value is -1.89. The Morgan fingerprint density at radius 2 is 2.08 bits per heavy atom. The molecule has 4 nitrogen and oxygen atoms in total. The number of anilines is 1. The Morgan fingerprint density at radius 1 is 1.21 bits per heavy atom. The number of rotatable bonds is 7. The molecule has 0 aliphatic rings. The summed E-state index contributed by atoms with van der Waals surface area (Å²) >= 11 is 9.06. The van der Waals surface area contributed by atoms with Crippen LogP contribution >= 0.6 is 34.3 Å². The summed E-state index contributed by atoms with van der Waals surface area (Å²) in [5.74, 6) is 0.574. The lowest BCUT2D eigenvalue weighted by Gasteiger charge is -2.07. The molecule has 0 spiro atoms. The van der Waals surface area contributed by atoms with Gasteiger partial charge in [0.1, 0.15) is 5.75 Å². The SMILES string of the molecule is O=C(CCCOc1ccccc1Cl)Nc1nc(-c2cccs2)cs1. The normalized spacial score (nSPS) is 10.5. The standard InChI is InChI=1S/C17H15ClN2O2S2/c18-12-5-1-2-6-14(12)22-9-3-8-16(21)20-17-19-13(11-24-17)15-7-4-10-23-15/h1-2,4-7,10-11H,3,8-9H2,(H,19,20,21). The van der Waals surface area contributed by atoms with Gasteiger partial charge in [0.2, 0.25) is 5.91 Å². The van der Waals surface area contributed by atoms with Crippen molar-refractivity contribution in [2.24, 2.45) is 0 Å². The summed E-state index contributed by atoms with van der Waals surface area (Å²) < 4.78 is 5.57. The second kappa shape index (κ2) is 8.28. The second-order valence-electron chi connectivity index (χ2n) is 4.95. The van der Waals surface area contributed by atoms with E-state index in [0.29, 0.717) is 35.4 Å². The summed E-state index contributed by atoms with van der Waals surface area (Å²) in [6.45, 7) is 0.440. The smallest absolute Gasteiger partial charge is 0.226 e. The van der Waals surface area contributed by atoms with Crippen LogP contribution in [0.25, 0.3) is 10.6 Å². The number of carbonyl (C=O) groups excluding carboxylic acids is 1. The number of aromatic nitrogens is 1. The summed E-state index contributed by atoms with van der Waals surface area (Å²) in [4.78, 5) is 17.5. The van der Waals surface area contributed by atoms with Gasteiger partial charge in [0.25, 0.3) is 0 Å². The van der Waals surface area contributed by atoms with Gasteiger partial charge in [-0.05, 0) is 30.0 Å². The molecule has 0 saturated carbocycles. The fourth-order valence-corrected chi connectivity index (χ4v) is 3.70. The van der Waals surface area contributed by atoms with Crippen molar-refractivity contribution in [1.82, 2.24) is 4.98 Å². The predicted octanol–water partition coefficient (Wildman–Crippen LogP) is 5.32. The first-order chi connectivity index (χ1) is 11.7. The minimum atomic E-state index is -0.0650. The van der Waals surface area contributed by atoms with E-state index in [4.69, 9.17) is 16.3 Å². The van der Waals surface area contributed by atoms with Crippen LogP contribution in [0.5, 0.6) is 5.75 Å². The maximum absolute atomic E-state index is 12.0. The number of nitrogens with zero attached hydrogens (tertiary/aromatic N) is 1. The summed E-state index contributed by atoms with van der Waals surface area (Å²) in [6.07, 6.45) is 0.985. The third-order valence-electron chi connectivity index (χ3n) is 3.17. The van der Waals surface area contributed by atoms with Crippen molar-refractivity contribution in [3.8, 4) is 16.3 Å².